The van der Waals surface area contributed by atoms with Gasteiger partial charge in [0, 0.05) is 5.40 Å². The van der Waals surface area contributed by atoms with Crippen LogP contribution >= 0.6 is 15.8 Å². The van der Waals surface area contributed by atoms with E-state index in [0.717, 1.165) is 0 Å². The zero-order valence-corrected chi connectivity index (χ0v) is 21.7. The summed E-state index contributed by atoms with van der Waals surface area (Å²) in [5.74, 6) is 0. The Morgan fingerprint density at radius 3 is 0.969 bits per heavy atom. The molecule has 0 nitrogen and oxygen atoms in total. The van der Waals surface area contributed by atoms with E-state index in [0.29, 0.717) is 5.40 Å². The third-order valence-corrected chi connectivity index (χ3v) is 11.8. The zero-order valence-electron chi connectivity index (χ0n) is 18.1. The zero-order chi connectivity index (χ0) is 20.6. The van der Waals surface area contributed by atoms with Gasteiger partial charge >= 0.3 is 16.5 Å². The Kier molecular flexibility index (Phi) is 11.7. The fraction of sp³-hybridized carbons (Fsp3) is 0.143. The molecule has 4 heteroatoms. The summed E-state index contributed by atoms with van der Waals surface area (Å²) < 4.78 is 0. The van der Waals surface area contributed by atoms with Gasteiger partial charge in [-0.25, -0.2) is 0 Å². The van der Waals surface area contributed by atoms with Crippen molar-refractivity contribution in [3.05, 3.63) is 121 Å². The molecule has 0 N–H and O–H groups in total. The second-order valence-corrected chi connectivity index (χ2v) is 12.6. The number of hydrogen-bond acceptors (Lipinski definition) is 0. The molecule has 0 aliphatic carbocycles. The van der Waals surface area contributed by atoms with Crippen molar-refractivity contribution in [2.24, 2.45) is 0 Å². The maximum atomic E-state index is 2.34. The molecule has 0 aliphatic rings. The molecular formula is C28H28ClNiP2+. The summed E-state index contributed by atoms with van der Waals surface area (Å²) in [4.78, 5) is 0. The molecule has 4 aromatic rings. The molecule has 0 spiro atoms. The Bertz CT molecular complexity index is 852. The van der Waals surface area contributed by atoms with E-state index >= 15 is 0 Å². The van der Waals surface area contributed by atoms with Crippen LogP contribution < -0.4 is 33.6 Å². The SMILES string of the molecule is CCCC(P(c1ccccc1)c1ccccc1)P(c1ccccc1)c1ccccc1.[Cl-].[Ni+2]. The minimum atomic E-state index is -0.478. The molecular weight excluding hydrogens is 492 g/mol. The Hall–Kier alpha value is -1.48. The van der Waals surface area contributed by atoms with Crippen LogP contribution in [0.2, 0.25) is 0 Å². The standard InChI is InChI=1S/C28H28P2.ClH.Ni/c1-2-15-28(29(24-16-7-3-8-17-24)25-18-9-4-10-19-25)30(26-20-11-5-12-21-26)27-22-13-6-14-23-27;;/h3-14,16-23,28H,2,15H2,1H3;1H;/q;;+2/p-1. The first-order valence-corrected chi connectivity index (χ1v) is 13.5. The summed E-state index contributed by atoms with van der Waals surface area (Å²) in [7, 11) is -0.956. The molecule has 0 atom stereocenters. The number of halogens is 1. The second-order valence-electron chi connectivity index (χ2n) is 7.35. The van der Waals surface area contributed by atoms with E-state index in [1.54, 1.807) is 0 Å². The third kappa shape index (κ3) is 6.53. The average Bonchev–Trinajstić information content (AvgIpc) is 2.82. The molecule has 0 aliphatic heterocycles. The van der Waals surface area contributed by atoms with Crippen molar-refractivity contribution in [2.75, 3.05) is 0 Å². The van der Waals surface area contributed by atoms with E-state index < -0.39 is 15.8 Å². The monoisotopic (exact) mass is 519 g/mol. The Morgan fingerprint density at radius 2 is 0.750 bits per heavy atom. The fourth-order valence-corrected chi connectivity index (χ4v) is 11.5. The molecule has 0 saturated heterocycles. The van der Waals surface area contributed by atoms with Gasteiger partial charge in [0.05, 0.1) is 0 Å². The topological polar surface area (TPSA) is 0 Å². The van der Waals surface area contributed by atoms with Gasteiger partial charge in [0.25, 0.3) is 0 Å². The maximum absolute atomic E-state index is 2.34. The van der Waals surface area contributed by atoms with Crippen LogP contribution in [0.25, 0.3) is 0 Å². The van der Waals surface area contributed by atoms with Crippen LogP contribution in [0, 0.1) is 0 Å². The second kappa shape index (κ2) is 13.9. The van der Waals surface area contributed by atoms with Gasteiger partial charge in [-0.05, 0) is 43.5 Å². The van der Waals surface area contributed by atoms with Crippen LogP contribution in [0.5, 0.6) is 0 Å². The molecule has 4 rings (SSSR count). The van der Waals surface area contributed by atoms with Gasteiger partial charge in [0.15, 0.2) is 0 Å². The normalized spacial score (nSPS) is 10.6. The van der Waals surface area contributed by atoms with Crippen molar-refractivity contribution < 1.29 is 28.9 Å². The molecule has 0 amide bonds. The van der Waals surface area contributed by atoms with Crippen molar-refractivity contribution in [1.82, 2.24) is 0 Å². The van der Waals surface area contributed by atoms with Crippen molar-refractivity contribution in [2.45, 2.75) is 25.2 Å². The minimum absolute atomic E-state index is 0. The van der Waals surface area contributed by atoms with Gasteiger partial charge in [-0.2, -0.15) is 0 Å². The first-order chi connectivity index (χ1) is 14.9. The molecule has 0 bridgehead atoms. The van der Waals surface area contributed by atoms with Crippen LogP contribution in [0.4, 0.5) is 0 Å². The molecule has 0 saturated carbocycles. The van der Waals surface area contributed by atoms with Gasteiger partial charge < -0.3 is 12.4 Å². The molecule has 0 fully saturated rings. The van der Waals surface area contributed by atoms with Crippen LogP contribution in [0.15, 0.2) is 121 Å². The predicted octanol–water partition coefficient (Wildman–Crippen LogP) is 3.38. The number of rotatable bonds is 8. The summed E-state index contributed by atoms with van der Waals surface area (Å²) in [5.41, 5.74) is 0. The van der Waals surface area contributed by atoms with E-state index in [1.807, 2.05) is 0 Å². The van der Waals surface area contributed by atoms with Crippen molar-refractivity contribution in [3.63, 3.8) is 0 Å². The van der Waals surface area contributed by atoms with Crippen LogP contribution in [0.3, 0.4) is 0 Å². The summed E-state index contributed by atoms with van der Waals surface area (Å²) in [6.45, 7) is 2.33. The molecule has 0 unspecified atom stereocenters. The summed E-state index contributed by atoms with van der Waals surface area (Å²) in [6, 6.07) is 44.8. The van der Waals surface area contributed by atoms with Crippen molar-refractivity contribution in [1.29, 1.82) is 0 Å². The maximum Gasteiger partial charge on any atom is 2.00 e. The van der Waals surface area contributed by atoms with Gasteiger partial charge in [-0.15, -0.1) is 0 Å². The quantitative estimate of drug-likeness (QED) is 0.247. The molecule has 0 heterocycles. The van der Waals surface area contributed by atoms with Crippen LogP contribution in [-0.4, -0.2) is 5.40 Å². The first kappa shape index (κ1) is 26.8. The predicted molar refractivity (Wildman–Crippen MR) is 137 cm³/mol. The van der Waals surface area contributed by atoms with Crippen molar-refractivity contribution in [3.8, 4) is 0 Å². The van der Waals surface area contributed by atoms with Gasteiger partial charge in [-0.1, -0.05) is 135 Å². The number of benzene rings is 4. The summed E-state index contributed by atoms with van der Waals surface area (Å²) in [5, 5.41) is 6.52. The average molecular weight is 521 g/mol. The van der Waals surface area contributed by atoms with Crippen molar-refractivity contribution >= 4 is 37.1 Å². The van der Waals surface area contributed by atoms with Gasteiger partial charge in [0.1, 0.15) is 0 Å². The first-order valence-electron chi connectivity index (χ1n) is 10.7. The van der Waals surface area contributed by atoms with Crippen LogP contribution in [-0.2, 0) is 16.5 Å². The van der Waals surface area contributed by atoms with E-state index in [1.165, 1.54) is 34.1 Å². The molecule has 32 heavy (non-hydrogen) atoms. The van der Waals surface area contributed by atoms with Gasteiger partial charge in [0.2, 0.25) is 0 Å². The molecule has 0 radical (unpaired) electrons. The molecule has 166 valence electrons. The van der Waals surface area contributed by atoms with E-state index in [-0.39, 0.29) is 28.9 Å². The minimum Gasteiger partial charge on any atom is -1.00 e. The fourth-order valence-electron chi connectivity index (χ4n) is 3.97. The van der Waals surface area contributed by atoms with E-state index in [9.17, 15) is 0 Å². The smallest absolute Gasteiger partial charge is 1.00 e. The van der Waals surface area contributed by atoms with E-state index in [4.69, 9.17) is 0 Å². The Balaban J connectivity index is 0.00000181. The Morgan fingerprint density at radius 1 is 0.500 bits per heavy atom. The van der Waals surface area contributed by atoms with E-state index in [2.05, 4.69) is 128 Å². The van der Waals surface area contributed by atoms with Crippen LogP contribution in [0.1, 0.15) is 19.8 Å². The summed E-state index contributed by atoms with van der Waals surface area (Å²) >= 11 is 0. The molecule has 4 aromatic carbocycles. The van der Waals surface area contributed by atoms with Gasteiger partial charge in [-0.3, -0.25) is 0 Å². The third-order valence-electron chi connectivity index (χ3n) is 5.28. The molecule has 0 aromatic heterocycles. The summed E-state index contributed by atoms with van der Waals surface area (Å²) in [6.07, 6.45) is 2.42. The number of hydrogen-bond donors (Lipinski definition) is 0. The largest absolute Gasteiger partial charge is 2.00 e. The Labute approximate surface area is 211 Å².